The second-order valence-electron chi connectivity index (χ2n) is 4.63. The predicted molar refractivity (Wildman–Crippen MR) is 67.0 cm³/mol. The SMILES string of the molecule is CC(C)CCCNCCc1ccccc1F. The van der Waals surface area contributed by atoms with Crippen LogP contribution in [-0.4, -0.2) is 13.1 Å². The average molecular weight is 223 g/mol. The Kier molecular flexibility index (Phi) is 6.09. The van der Waals surface area contributed by atoms with E-state index in [0.29, 0.717) is 0 Å². The third kappa shape index (κ3) is 5.26. The molecule has 0 fully saturated rings. The maximum Gasteiger partial charge on any atom is 0.126 e. The Bertz CT molecular complexity index is 297. The van der Waals surface area contributed by atoms with Crippen molar-refractivity contribution < 1.29 is 4.39 Å². The van der Waals surface area contributed by atoms with Gasteiger partial charge in [0.1, 0.15) is 5.82 Å². The quantitative estimate of drug-likeness (QED) is 0.699. The van der Waals surface area contributed by atoms with E-state index in [-0.39, 0.29) is 5.82 Å². The predicted octanol–water partition coefficient (Wildman–Crippen LogP) is 3.39. The first-order chi connectivity index (χ1) is 7.70. The van der Waals surface area contributed by atoms with Crippen LogP contribution in [0.3, 0.4) is 0 Å². The number of benzene rings is 1. The lowest BCUT2D eigenvalue weighted by Gasteiger charge is -2.07. The van der Waals surface area contributed by atoms with Gasteiger partial charge in [0.15, 0.2) is 0 Å². The highest BCUT2D eigenvalue weighted by molar-refractivity contribution is 5.17. The summed E-state index contributed by atoms with van der Waals surface area (Å²) in [4.78, 5) is 0. The van der Waals surface area contributed by atoms with E-state index in [2.05, 4.69) is 19.2 Å². The molecule has 2 heteroatoms. The molecule has 1 rings (SSSR count). The minimum Gasteiger partial charge on any atom is -0.316 e. The largest absolute Gasteiger partial charge is 0.316 e. The van der Waals surface area contributed by atoms with Crippen LogP contribution >= 0.6 is 0 Å². The minimum atomic E-state index is -0.0912. The molecule has 1 aromatic rings. The Morgan fingerprint density at radius 3 is 2.62 bits per heavy atom. The monoisotopic (exact) mass is 223 g/mol. The molecule has 1 nitrogen and oxygen atoms in total. The highest BCUT2D eigenvalue weighted by Gasteiger charge is 1.99. The molecule has 0 aliphatic heterocycles. The molecule has 0 amide bonds. The van der Waals surface area contributed by atoms with Gasteiger partial charge in [0.05, 0.1) is 0 Å². The number of halogens is 1. The first-order valence-electron chi connectivity index (χ1n) is 6.14. The number of hydrogen-bond donors (Lipinski definition) is 1. The van der Waals surface area contributed by atoms with E-state index >= 15 is 0 Å². The van der Waals surface area contributed by atoms with Crippen LogP contribution in [0.1, 0.15) is 32.3 Å². The van der Waals surface area contributed by atoms with Crippen molar-refractivity contribution in [3.8, 4) is 0 Å². The molecule has 0 bridgehead atoms. The van der Waals surface area contributed by atoms with Gasteiger partial charge in [-0.3, -0.25) is 0 Å². The standard InChI is InChI=1S/C14H22FN/c1-12(2)6-5-10-16-11-9-13-7-3-4-8-14(13)15/h3-4,7-8,12,16H,5-6,9-11H2,1-2H3. The van der Waals surface area contributed by atoms with Gasteiger partial charge in [-0.15, -0.1) is 0 Å². The van der Waals surface area contributed by atoms with Crippen molar-refractivity contribution in [1.82, 2.24) is 5.32 Å². The Labute approximate surface area is 98.1 Å². The lowest BCUT2D eigenvalue weighted by Crippen LogP contribution is -2.19. The molecule has 0 radical (unpaired) electrons. The van der Waals surface area contributed by atoms with Gasteiger partial charge in [0.2, 0.25) is 0 Å². The third-order valence-corrected chi connectivity index (χ3v) is 2.66. The van der Waals surface area contributed by atoms with E-state index in [4.69, 9.17) is 0 Å². The highest BCUT2D eigenvalue weighted by atomic mass is 19.1. The Balaban J connectivity index is 2.10. The zero-order chi connectivity index (χ0) is 11.8. The van der Waals surface area contributed by atoms with Crippen molar-refractivity contribution in [2.45, 2.75) is 33.1 Å². The van der Waals surface area contributed by atoms with E-state index < -0.39 is 0 Å². The zero-order valence-electron chi connectivity index (χ0n) is 10.3. The van der Waals surface area contributed by atoms with Crippen molar-refractivity contribution in [2.75, 3.05) is 13.1 Å². The van der Waals surface area contributed by atoms with Crippen molar-refractivity contribution in [3.05, 3.63) is 35.6 Å². The number of rotatable bonds is 7. The molecule has 0 spiro atoms. The first kappa shape index (κ1) is 13.2. The summed E-state index contributed by atoms with van der Waals surface area (Å²) >= 11 is 0. The van der Waals surface area contributed by atoms with Gasteiger partial charge in [0.25, 0.3) is 0 Å². The van der Waals surface area contributed by atoms with E-state index in [1.807, 2.05) is 12.1 Å². The van der Waals surface area contributed by atoms with E-state index in [0.717, 1.165) is 31.0 Å². The summed E-state index contributed by atoms with van der Waals surface area (Å²) in [6, 6.07) is 6.99. The van der Waals surface area contributed by atoms with Crippen molar-refractivity contribution in [2.24, 2.45) is 5.92 Å². The summed E-state index contributed by atoms with van der Waals surface area (Å²) in [6.07, 6.45) is 3.23. The van der Waals surface area contributed by atoms with Crippen LogP contribution < -0.4 is 5.32 Å². The first-order valence-corrected chi connectivity index (χ1v) is 6.14. The molecule has 1 N–H and O–H groups in total. The van der Waals surface area contributed by atoms with Gasteiger partial charge < -0.3 is 5.32 Å². The third-order valence-electron chi connectivity index (χ3n) is 2.66. The summed E-state index contributed by atoms with van der Waals surface area (Å²) in [5.41, 5.74) is 0.804. The summed E-state index contributed by atoms with van der Waals surface area (Å²) in [5.74, 6) is 0.680. The zero-order valence-corrected chi connectivity index (χ0v) is 10.3. The number of nitrogens with one attached hydrogen (secondary N) is 1. The normalized spacial score (nSPS) is 11.0. The molecule has 0 aliphatic rings. The fourth-order valence-corrected chi connectivity index (χ4v) is 1.68. The number of hydrogen-bond acceptors (Lipinski definition) is 1. The summed E-state index contributed by atoms with van der Waals surface area (Å²) in [7, 11) is 0. The van der Waals surface area contributed by atoms with Crippen molar-refractivity contribution >= 4 is 0 Å². The smallest absolute Gasteiger partial charge is 0.126 e. The molecule has 0 saturated carbocycles. The molecule has 0 aliphatic carbocycles. The van der Waals surface area contributed by atoms with Gasteiger partial charge in [-0.05, 0) is 49.9 Å². The molecule has 0 atom stereocenters. The fourth-order valence-electron chi connectivity index (χ4n) is 1.68. The van der Waals surface area contributed by atoms with E-state index in [1.54, 1.807) is 6.07 Å². The molecule has 90 valence electrons. The van der Waals surface area contributed by atoms with Crippen LogP contribution in [0.4, 0.5) is 4.39 Å². The molecular formula is C14H22FN. The lowest BCUT2D eigenvalue weighted by atomic mass is 10.1. The second kappa shape index (κ2) is 7.39. The second-order valence-corrected chi connectivity index (χ2v) is 4.63. The van der Waals surface area contributed by atoms with Crippen molar-refractivity contribution in [3.63, 3.8) is 0 Å². The van der Waals surface area contributed by atoms with Crippen LogP contribution in [0.25, 0.3) is 0 Å². The molecule has 1 aromatic carbocycles. The van der Waals surface area contributed by atoms with Gasteiger partial charge in [-0.2, -0.15) is 0 Å². The fraction of sp³-hybridized carbons (Fsp3) is 0.571. The minimum absolute atomic E-state index is 0.0912. The molecule has 0 aromatic heterocycles. The summed E-state index contributed by atoms with van der Waals surface area (Å²) in [5, 5.41) is 3.35. The lowest BCUT2D eigenvalue weighted by molar-refractivity contribution is 0.526. The van der Waals surface area contributed by atoms with Crippen LogP contribution in [0.15, 0.2) is 24.3 Å². The van der Waals surface area contributed by atoms with Gasteiger partial charge in [-0.1, -0.05) is 32.0 Å². The van der Waals surface area contributed by atoms with Gasteiger partial charge >= 0.3 is 0 Å². The van der Waals surface area contributed by atoms with Gasteiger partial charge in [0, 0.05) is 0 Å². The maximum atomic E-state index is 13.2. The van der Waals surface area contributed by atoms with Crippen LogP contribution in [-0.2, 0) is 6.42 Å². The molecule has 16 heavy (non-hydrogen) atoms. The molecule has 0 saturated heterocycles. The van der Waals surface area contributed by atoms with Crippen LogP contribution in [0, 0.1) is 11.7 Å². The van der Waals surface area contributed by atoms with Gasteiger partial charge in [-0.25, -0.2) is 4.39 Å². The Morgan fingerprint density at radius 2 is 1.94 bits per heavy atom. The summed E-state index contributed by atoms with van der Waals surface area (Å²) in [6.45, 7) is 6.37. The van der Waals surface area contributed by atoms with Crippen LogP contribution in [0.5, 0.6) is 0 Å². The van der Waals surface area contributed by atoms with E-state index in [1.165, 1.54) is 18.9 Å². The average Bonchev–Trinajstić information content (AvgIpc) is 2.25. The van der Waals surface area contributed by atoms with Crippen LogP contribution in [0.2, 0.25) is 0 Å². The molecular weight excluding hydrogens is 201 g/mol. The maximum absolute atomic E-state index is 13.2. The van der Waals surface area contributed by atoms with E-state index in [9.17, 15) is 4.39 Å². The molecule has 0 unspecified atom stereocenters. The van der Waals surface area contributed by atoms with Crippen molar-refractivity contribution in [1.29, 1.82) is 0 Å². The topological polar surface area (TPSA) is 12.0 Å². The Morgan fingerprint density at radius 1 is 1.19 bits per heavy atom. The summed E-state index contributed by atoms with van der Waals surface area (Å²) < 4.78 is 13.2. The highest BCUT2D eigenvalue weighted by Crippen LogP contribution is 2.06. The Hall–Kier alpha value is -0.890. The molecule has 0 heterocycles.